The summed E-state index contributed by atoms with van der Waals surface area (Å²) >= 11 is 3.59. The van der Waals surface area contributed by atoms with Crippen molar-refractivity contribution in [2.24, 2.45) is 0 Å². The fourth-order valence-corrected chi connectivity index (χ4v) is 6.47. The lowest BCUT2D eigenvalue weighted by atomic mass is 9.71. The third-order valence-electron chi connectivity index (χ3n) is 6.12. The lowest BCUT2D eigenvalue weighted by molar-refractivity contribution is 0.0982. The molecule has 1 amide bonds. The summed E-state index contributed by atoms with van der Waals surface area (Å²) in [6.07, 6.45) is 5.73. The van der Waals surface area contributed by atoms with Gasteiger partial charge in [-0.3, -0.25) is 4.79 Å². The Kier molecular flexibility index (Phi) is 5.81. The molecule has 0 unspecified atom stereocenters. The van der Waals surface area contributed by atoms with Crippen LogP contribution in [0.4, 0.5) is 5.69 Å². The first-order valence-corrected chi connectivity index (χ1v) is 12.7. The van der Waals surface area contributed by atoms with Gasteiger partial charge in [0.15, 0.2) is 0 Å². The minimum Gasteiger partial charge on any atom is -0.307 e. The van der Waals surface area contributed by atoms with Crippen molar-refractivity contribution in [3.63, 3.8) is 0 Å². The van der Waals surface area contributed by atoms with E-state index in [4.69, 9.17) is 0 Å². The van der Waals surface area contributed by atoms with Crippen molar-refractivity contribution in [1.82, 2.24) is 4.72 Å². The van der Waals surface area contributed by atoms with Gasteiger partial charge in [-0.25, -0.2) is 13.1 Å². The molecule has 1 aliphatic carbocycles. The van der Waals surface area contributed by atoms with Crippen LogP contribution in [0.25, 0.3) is 0 Å². The molecule has 2 aliphatic rings. The molecule has 1 aliphatic heterocycles. The molecular formula is C23H27BrN2O3S. The smallest absolute Gasteiger partial charge is 0.258 e. The first-order chi connectivity index (χ1) is 14.2. The van der Waals surface area contributed by atoms with Gasteiger partial charge in [0.2, 0.25) is 10.0 Å². The standard InChI is InChI=1S/C23H27BrN2O3S/c1-16(2)25-30(28,29)19-8-6-7-17(13-19)22(27)26-15-23(11-4-3-5-12-23)20-14-18(24)9-10-21(20)26/h6-10,13-14,16,25H,3-5,11-12,15H2,1-2H3. The predicted octanol–water partition coefficient (Wildman–Crippen LogP) is 5.00. The van der Waals surface area contributed by atoms with Gasteiger partial charge >= 0.3 is 0 Å². The molecule has 5 nitrogen and oxygen atoms in total. The largest absolute Gasteiger partial charge is 0.307 e. The number of rotatable bonds is 4. The average molecular weight is 491 g/mol. The van der Waals surface area contributed by atoms with Gasteiger partial charge in [0, 0.05) is 33.7 Å². The highest BCUT2D eigenvalue weighted by Crippen LogP contribution is 2.50. The molecular weight excluding hydrogens is 464 g/mol. The minimum absolute atomic E-state index is 0.00406. The number of amides is 1. The van der Waals surface area contributed by atoms with Gasteiger partial charge in [-0.15, -0.1) is 0 Å². The van der Waals surface area contributed by atoms with Gasteiger partial charge in [0.1, 0.15) is 0 Å². The zero-order valence-corrected chi connectivity index (χ0v) is 19.7. The van der Waals surface area contributed by atoms with Crippen molar-refractivity contribution in [1.29, 1.82) is 0 Å². The number of carbonyl (C=O) groups is 1. The lowest BCUT2D eigenvalue weighted by Crippen LogP contribution is -2.38. The Hall–Kier alpha value is -1.70. The molecule has 0 radical (unpaired) electrons. The Labute approximate surface area is 187 Å². The van der Waals surface area contributed by atoms with Crippen LogP contribution in [0.2, 0.25) is 0 Å². The van der Waals surface area contributed by atoms with Gasteiger partial charge in [0.25, 0.3) is 5.91 Å². The van der Waals surface area contributed by atoms with Gasteiger partial charge in [0.05, 0.1) is 4.90 Å². The fraction of sp³-hybridized carbons (Fsp3) is 0.435. The van der Waals surface area contributed by atoms with E-state index in [0.717, 1.165) is 23.0 Å². The van der Waals surface area contributed by atoms with E-state index in [0.29, 0.717) is 12.1 Å². The number of nitrogens with zero attached hydrogens (tertiary/aromatic N) is 1. The summed E-state index contributed by atoms with van der Waals surface area (Å²) in [5, 5.41) is 0. The normalized spacial score (nSPS) is 18.1. The third kappa shape index (κ3) is 3.95. The van der Waals surface area contributed by atoms with Gasteiger partial charge in [-0.2, -0.15) is 0 Å². The van der Waals surface area contributed by atoms with Crippen LogP contribution in [0.1, 0.15) is 61.9 Å². The van der Waals surface area contributed by atoms with Crippen molar-refractivity contribution < 1.29 is 13.2 Å². The number of hydrogen-bond acceptors (Lipinski definition) is 3. The third-order valence-corrected chi connectivity index (χ3v) is 8.27. The highest BCUT2D eigenvalue weighted by atomic mass is 79.9. The molecule has 1 N–H and O–H groups in total. The molecule has 160 valence electrons. The Morgan fingerprint density at radius 2 is 1.83 bits per heavy atom. The van der Waals surface area contributed by atoms with E-state index in [1.807, 2.05) is 17.0 Å². The minimum atomic E-state index is -3.66. The summed E-state index contributed by atoms with van der Waals surface area (Å²) in [5.41, 5.74) is 2.56. The molecule has 0 aromatic heterocycles. The van der Waals surface area contributed by atoms with Crippen molar-refractivity contribution in [3.05, 3.63) is 58.1 Å². The molecule has 7 heteroatoms. The van der Waals surface area contributed by atoms with E-state index in [1.54, 1.807) is 26.0 Å². The summed E-state index contributed by atoms with van der Waals surface area (Å²) in [6, 6.07) is 12.2. The second kappa shape index (κ2) is 8.09. The molecule has 1 heterocycles. The van der Waals surface area contributed by atoms with E-state index < -0.39 is 10.0 Å². The summed E-state index contributed by atoms with van der Waals surface area (Å²) in [7, 11) is -3.66. The number of benzene rings is 2. The molecule has 0 saturated heterocycles. The fourth-order valence-electron chi connectivity index (χ4n) is 4.81. The van der Waals surface area contributed by atoms with E-state index in [2.05, 4.69) is 26.7 Å². The summed E-state index contributed by atoms with van der Waals surface area (Å²) in [6.45, 7) is 4.20. The number of nitrogens with one attached hydrogen (secondary N) is 1. The Balaban J connectivity index is 1.70. The van der Waals surface area contributed by atoms with E-state index in [9.17, 15) is 13.2 Å². The van der Waals surface area contributed by atoms with Crippen LogP contribution in [-0.4, -0.2) is 26.9 Å². The van der Waals surface area contributed by atoms with Crippen LogP contribution in [0, 0.1) is 0 Å². The zero-order chi connectivity index (χ0) is 21.5. The van der Waals surface area contributed by atoms with E-state index in [1.165, 1.54) is 37.0 Å². The molecule has 30 heavy (non-hydrogen) atoms. The molecule has 0 atom stereocenters. The van der Waals surface area contributed by atoms with Crippen molar-refractivity contribution in [2.75, 3.05) is 11.4 Å². The Morgan fingerprint density at radius 3 is 2.53 bits per heavy atom. The highest BCUT2D eigenvalue weighted by molar-refractivity contribution is 9.10. The maximum Gasteiger partial charge on any atom is 0.258 e. The lowest BCUT2D eigenvalue weighted by Gasteiger charge is -2.34. The van der Waals surface area contributed by atoms with E-state index in [-0.39, 0.29) is 22.3 Å². The van der Waals surface area contributed by atoms with Crippen molar-refractivity contribution in [2.45, 2.75) is 62.3 Å². The number of hydrogen-bond donors (Lipinski definition) is 1. The van der Waals surface area contributed by atoms with Crippen LogP contribution >= 0.6 is 15.9 Å². The van der Waals surface area contributed by atoms with Gasteiger partial charge in [-0.05, 0) is 68.7 Å². The van der Waals surface area contributed by atoms with Crippen LogP contribution in [-0.2, 0) is 15.4 Å². The summed E-state index contributed by atoms with van der Waals surface area (Å²) in [5.74, 6) is -0.150. The van der Waals surface area contributed by atoms with Crippen LogP contribution < -0.4 is 9.62 Å². The molecule has 1 fully saturated rings. The summed E-state index contributed by atoms with van der Waals surface area (Å²) < 4.78 is 28.8. The number of fused-ring (bicyclic) bond motifs is 2. The number of carbonyl (C=O) groups excluding carboxylic acids is 1. The SMILES string of the molecule is CC(C)NS(=O)(=O)c1cccc(C(=O)N2CC3(CCCCC3)c3cc(Br)ccc32)c1. The van der Waals surface area contributed by atoms with Crippen LogP contribution in [0.15, 0.2) is 51.8 Å². The predicted molar refractivity (Wildman–Crippen MR) is 122 cm³/mol. The van der Waals surface area contributed by atoms with Crippen LogP contribution in [0.3, 0.4) is 0 Å². The summed E-state index contributed by atoms with van der Waals surface area (Å²) in [4.78, 5) is 15.5. The van der Waals surface area contributed by atoms with Gasteiger partial charge < -0.3 is 4.90 Å². The molecule has 1 spiro atoms. The Morgan fingerprint density at radius 1 is 1.10 bits per heavy atom. The highest BCUT2D eigenvalue weighted by Gasteiger charge is 2.45. The quantitative estimate of drug-likeness (QED) is 0.655. The van der Waals surface area contributed by atoms with Gasteiger partial charge in [-0.1, -0.05) is 41.3 Å². The molecule has 2 aromatic carbocycles. The number of halogens is 1. The zero-order valence-electron chi connectivity index (χ0n) is 17.3. The maximum atomic E-state index is 13.5. The van der Waals surface area contributed by atoms with E-state index >= 15 is 0 Å². The molecule has 2 aromatic rings. The van der Waals surface area contributed by atoms with Crippen LogP contribution in [0.5, 0.6) is 0 Å². The Bertz CT molecular complexity index is 1080. The molecule has 1 saturated carbocycles. The number of sulfonamides is 1. The van der Waals surface area contributed by atoms with Crippen molar-refractivity contribution in [3.8, 4) is 0 Å². The first kappa shape index (κ1) is 21.5. The maximum absolute atomic E-state index is 13.5. The monoisotopic (exact) mass is 490 g/mol. The number of anilines is 1. The van der Waals surface area contributed by atoms with Crippen molar-refractivity contribution >= 4 is 37.5 Å². The topological polar surface area (TPSA) is 66.5 Å². The second-order valence-electron chi connectivity index (χ2n) is 8.70. The molecule has 4 rings (SSSR count). The second-order valence-corrected chi connectivity index (χ2v) is 11.3. The molecule has 0 bridgehead atoms. The first-order valence-electron chi connectivity index (χ1n) is 10.5. The average Bonchev–Trinajstić information content (AvgIpc) is 3.00.